The van der Waals surface area contributed by atoms with Crippen molar-refractivity contribution in [3.05, 3.63) is 0 Å². The van der Waals surface area contributed by atoms with Crippen molar-refractivity contribution in [1.29, 1.82) is 0 Å². The quantitative estimate of drug-likeness (QED) is 0.253. The Morgan fingerprint density at radius 2 is 1.00 bits per heavy atom. The van der Waals surface area contributed by atoms with Gasteiger partial charge in [0.2, 0.25) is 0 Å². The Morgan fingerprint density at radius 1 is 1.00 bits per heavy atom. The molecule has 0 rings (SSSR count). The van der Waals surface area contributed by atoms with Gasteiger partial charge in [-0.3, -0.25) is 0 Å². The van der Waals surface area contributed by atoms with E-state index >= 15 is 0 Å². The molecule has 0 bridgehead atoms. The molecular weight excluding hydrogens is 312 g/mol. The molecular formula is H9BaGaGeS. The normalized spacial score (nSPS) is 0. The molecule has 0 radical (unpaired) electrons. The summed E-state index contributed by atoms with van der Waals surface area (Å²) in [6.45, 7) is 0. The number of rotatable bonds is 0. The molecule has 0 nitrogen and oxygen atoms in total. The van der Waals surface area contributed by atoms with E-state index in [2.05, 4.69) is 0 Å². The predicted molar refractivity (Wildman–Crippen MR) is 37.2 cm³/mol. The zero-order chi connectivity index (χ0) is 0. The Bertz CT molecular complexity index is 8.00. The molecule has 0 aliphatic heterocycles. The van der Waals surface area contributed by atoms with Crippen molar-refractivity contribution in [3.8, 4) is 0 Å². The van der Waals surface area contributed by atoms with Crippen LogP contribution in [0.1, 0.15) is 0 Å². The summed E-state index contributed by atoms with van der Waals surface area (Å²) in [6.07, 6.45) is 0. The average molecular weight is 321 g/mol. The van der Waals surface area contributed by atoms with E-state index in [0.29, 0.717) is 0 Å². The van der Waals surface area contributed by atoms with Crippen molar-refractivity contribution in [2.75, 3.05) is 0 Å². The molecule has 0 aromatic heterocycles. The van der Waals surface area contributed by atoms with Gasteiger partial charge in [-0.25, -0.2) is 0 Å². The summed E-state index contributed by atoms with van der Waals surface area (Å²) in [7, 11) is 0. The van der Waals surface area contributed by atoms with Crippen LogP contribution in [0, 0.1) is 0 Å². The van der Waals surface area contributed by atoms with Gasteiger partial charge in [-0.1, -0.05) is 0 Å². The summed E-state index contributed by atoms with van der Waals surface area (Å²) in [5.41, 5.74) is 0. The zero-order valence-electron chi connectivity index (χ0n) is 1.45. The molecule has 0 aromatic rings. The van der Waals surface area contributed by atoms with Crippen LogP contribution < -0.4 is 0 Å². The van der Waals surface area contributed by atoms with E-state index in [1.54, 1.807) is 0 Å². The molecule has 4 heteroatoms. The zero-order valence-corrected chi connectivity index (χ0v) is 8.62. The van der Waals surface area contributed by atoms with E-state index in [1.807, 2.05) is 0 Å². The van der Waals surface area contributed by atoms with Crippen LogP contribution in [0.5, 0.6) is 0 Å². The van der Waals surface area contributed by atoms with Gasteiger partial charge in [0.05, 0.1) is 0 Å². The molecule has 0 atom stereocenters. The Hall–Kier alpha value is 3.10. The van der Waals surface area contributed by atoms with Crippen LogP contribution in [0.2, 0.25) is 0 Å². The Balaban J connectivity index is 0. The minimum absolute atomic E-state index is 0. The van der Waals surface area contributed by atoms with Crippen molar-refractivity contribution in [2.24, 2.45) is 0 Å². The van der Waals surface area contributed by atoms with Gasteiger partial charge >= 0.3 is 86.3 Å². The fraction of sp³-hybridized carbons (Fsp3) is 0. The van der Waals surface area contributed by atoms with Gasteiger partial charge < -0.3 is 13.5 Å². The van der Waals surface area contributed by atoms with E-state index in [-0.39, 0.29) is 99.8 Å². The van der Waals surface area contributed by atoms with Crippen molar-refractivity contribution in [2.45, 2.75) is 0 Å². The van der Waals surface area contributed by atoms with Crippen molar-refractivity contribution < 1.29 is 0 Å². The van der Waals surface area contributed by atoms with Gasteiger partial charge in [0, 0.05) is 0 Å². The maximum Gasteiger partial charge on any atom is -0.813 e. The second-order valence-corrected chi connectivity index (χ2v) is 0. The predicted octanol–water partition coefficient (Wildman–Crippen LogP) is -3.55. The summed E-state index contributed by atoms with van der Waals surface area (Å²) >= 11 is 0. The standard InChI is InChI=1S/Ba.Ga.GeH4.H2S.4H/h;;1H4;1H2;;;;/q+1;;;;;;;/p-1. The van der Waals surface area contributed by atoms with Gasteiger partial charge in [-0.15, -0.1) is 0 Å². The van der Waals surface area contributed by atoms with Crippen LogP contribution in [0.15, 0.2) is 0 Å². The van der Waals surface area contributed by atoms with Crippen molar-refractivity contribution in [3.63, 3.8) is 0 Å². The fourth-order valence-electron chi connectivity index (χ4n) is 0. The molecule has 0 aromatic carbocycles. The third-order valence-electron chi connectivity index (χ3n) is 0. The number of hydrogen-bond acceptors (Lipinski definition) is 1. The van der Waals surface area contributed by atoms with Gasteiger partial charge in [0.15, 0.2) is 0 Å². The molecule has 0 aliphatic rings. The molecule has 0 aliphatic carbocycles. The Kier molecular flexibility index (Phi) is 113. The average Bonchev–Trinajstić information content (AvgIpc) is 0. The molecule has 0 fully saturated rings. The maximum absolute atomic E-state index is 0. The first-order valence-corrected chi connectivity index (χ1v) is 0. The van der Waals surface area contributed by atoms with Crippen LogP contribution in [-0.2, 0) is 13.5 Å². The largest absolute Gasteiger partial charge is 0.813 e. The summed E-state index contributed by atoms with van der Waals surface area (Å²) in [6, 6.07) is 0. The molecule has 0 saturated carbocycles. The van der Waals surface area contributed by atoms with E-state index in [0.717, 1.165) is 0 Å². The molecule has 0 unspecified atom stereocenters. The third kappa shape index (κ3) is 8.92. The van der Waals surface area contributed by atoms with Gasteiger partial charge in [0.1, 0.15) is 0 Å². The van der Waals surface area contributed by atoms with E-state index in [1.165, 1.54) is 0 Å². The molecule has 0 saturated heterocycles. The van der Waals surface area contributed by atoms with Crippen LogP contribution in [0.3, 0.4) is 0 Å². The summed E-state index contributed by atoms with van der Waals surface area (Å²) in [5, 5.41) is 0. The Labute approximate surface area is 97.4 Å². The second kappa shape index (κ2) is 16.5. The van der Waals surface area contributed by atoms with Crippen molar-refractivity contribution >= 4 is 99.8 Å². The minimum atomic E-state index is 0. The topological polar surface area (TPSA) is 0 Å². The van der Waals surface area contributed by atoms with E-state index < -0.39 is 0 Å². The third-order valence-corrected chi connectivity index (χ3v) is 0. The van der Waals surface area contributed by atoms with Gasteiger partial charge in [-0.05, 0) is 0 Å². The minimum Gasteiger partial charge on any atom is -0.813 e. The first kappa shape index (κ1) is 27.5. The van der Waals surface area contributed by atoms with Crippen LogP contribution >= 0.6 is 0 Å². The van der Waals surface area contributed by atoms with E-state index in [4.69, 9.17) is 0 Å². The smallest absolute Gasteiger partial charge is 0.813 e. The van der Waals surface area contributed by atoms with Crippen molar-refractivity contribution in [1.82, 2.24) is 0 Å². The number of hydrogen-bond donors (Lipinski definition) is 0. The van der Waals surface area contributed by atoms with Gasteiger partial charge in [0.25, 0.3) is 0 Å². The van der Waals surface area contributed by atoms with Gasteiger partial charge in [-0.2, -0.15) is 0 Å². The second-order valence-electron chi connectivity index (χ2n) is 0. The molecule has 4 heavy (non-hydrogen) atoms. The molecule has 0 amide bonds. The molecule has 0 N–H and O–H groups in total. The van der Waals surface area contributed by atoms with E-state index in [9.17, 15) is 0 Å². The summed E-state index contributed by atoms with van der Waals surface area (Å²) in [5.74, 6) is 0. The summed E-state index contributed by atoms with van der Waals surface area (Å²) in [4.78, 5) is 0. The fourth-order valence-corrected chi connectivity index (χ4v) is 0. The maximum atomic E-state index is 0. The SMILES string of the molecule is [BaH+].[GaH3].[GeH4].[SH-]. The summed E-state index contributed by atoms with van der Waals surface area (Å²) < 4.78 is 0. The Morgan fingerprint density at radius 3 is 1.00 bits per heavy atom. The van der Waals surface area contributed by atoms with Crippen LogP contribution in [0.25, 0.3) is 0 Å². The molecule has 24 valence electrons. The first-order valence-electron chi connectivity index (χ1n) is 0. The number of thiol groups is 1. The van der Waals surface area contributed by atoms with Crippen LogP contribution in [0.4, 0.5) is 0 Å². The first-order chi connectivity index (χ1) is 0. The van der Waals surface area contributed by atoms with Crippen LogP contribution in [-0.4, -0.2) is 86.3 Å². The molecule has 0 spiro atoms. The molecule has 0 heterocycles. The monoisotopic (exact) mass is 322 g/mol.